The summed E-state index contributed by atoms with van der Waals surface area (Å²) in [7, 11) is 0. The predicted octanol–water partition coefficient (Wildman–Crippen LogP) is 1.75. The molecule has 0 atom stereocenters. The number of rotatable bonds is 10. The van der Waals surface area contributed by atoms with Crippen molar-refractivity contribution in [2.75, 3.05) is 33.0 Å². The van der Waals surface area contributed by atoms with Crippen molar-refractivity contribution in [3.63, 3.8) is 0 Å². The zero-order chi connectivity index (χ0) is 14.7. The van der Waals surface area contributed by atoms with Gasteiger partial charge in [0.1, 0.15) is 5.60 Å². The lowest BCUT2D eigenvalue weighted by Gasteiger charge is -2.19. The van der Waals surface area contributed by atoms with Gasteiger partial charge < -0.3 is 19.5 Å². The number of hydrogen-bond acceptors (Lipinski definition) is 5. The quantitative estimate of drug-likeness (QED) is 0.486. The van der Waals surface area contributed by atoms with Crippen molar-refractivity contribution in [2.24, 2.45) is 0 Å². The van der Waals surface area contributed by atoms with Gasteiger partial charge in [-0.1, -0.05) is 13.8 Å². The summed E-state index contributed by atoms with van der Waals surface area (Å²) in [5, 5.41) is 3.26. The molecule has 0 rings (SSSR count). The average Bonchev–Trinajstić information content (AvgIpc) is 2.24. The Morgan fingerprint density at radius 1 is 1.05 bits per heavy atom. The standard InChI is InChI=1S/C14H29NO4/c1-12(2)15-7-9-18-11-10-17-8-6-13(16)19-14(3,4)5/h12,15H,6-11H2,1-5H3. The maximum Gasteiger partial charge on any atom is 0.308 e. The summed E-state index contributed by atoms with van der Waals surface area (Å²) in [6, 6.07) is 0.480. The molecule has 0 fully saturated rings. The molecule has 0 aromatic rings. The second-order valence-electron chi connectivity index (χ2n) is 5.67. The minimum Gasteiger partial charge on any atom is -0.460 e. The van der Waals surface area contributed by atoms with Crippen LogP contribution in [0.5, 0.6) is 0 Å². The Balaban J connectivity index is 3.25. The van der Waals surface area contributed by atoms with Gasteiger partial charge in [0, 0.05) is 12.6 Å². The highest BCUT2D eigenvalue weighted by Gasteiger charge is 2.15. The zero-order valence-electron chi connectivity index (χ0n) is 13.0. The summed E-state index contributed by atoms with van der Waals surface area (Å²) in [5.74, 6) is -0.227. The molecule has 0 aliphatic rings. The van der Waals surface area contributed by atoms with Crippen molar-refractivity contribution >= 4 is 5.97 Å². The third-order valence-corrected chi connectivity index (χ3v) is 2.04. The van der Waals surface area contributed by atoms with Gasteiger partial charge >= 0.3 is 5.97 Å². The van der Waals surface area contributed by atoms with E-state index in [0.29, 0.717) is 32.5 Å². The Morgan fingerprint density at radius 3 is 2.16 bits per heavy atom. The van der Waals surface area contributed by atoms with Crippen LogP contribution in [0.25, 0.3) is 0 Å². The highest BCUT2D eigenvalue weighted by Crippen LogP contribution is 2.07. The number of esters is 1. The molecule has 0 saturated carbocycles. The maximum absolute atomic E-state index is 11.4. The zero-order valence-corrected chi connectivity index (χ0v) is 13.0. The summed E-state index contributed by atoms with van der Waals surface area (Å²) in [4.78, 5) is 11.4. The first-order valence-corrected chi connectivity index (χ1v) is 6.92. The van der Waals surface area contributed by atoms with Crippen LogP contribution in [0.4, 0.5) is 0 Å². The van der Waals surface area contributed by atoms with Gasteiger partial charge in [-0.15, -0.1) is 0 Å². The topological polar surface area (TPSA) is 56.8 Å². The molecule has 0 radical (unpaired) electrons. The average molecular weight is 275 g/mol. The molecule has 0 aliphatic carbocycles. The fourth-order valence-electron chi connectivity index (χ4n) is 1.29. The first-order valence-electron chi connectivity index (χ1n) is 6.92. The molecule has 1 N–H and O–H groups in total. The monoisotopic (exact) mass is 275 g/mol. The van der Waals surface area contributed by atoms with Crippen LogP contribution in [-0.2, 0) is 19.0 Å². The fourth-order valence-corrected chi connectivity index (χ4v) is 1.29. The minimum atomic E-state index is -0.427. The lowest BCUT2D eigenvalue weighted by molar-refractivity contribution is -0.156. The number of nitrogens with one attached hydrogen (secondary N) is 1. The van der Waals surface area contributed by atoms with Gasteiger partial charge in [-0.05, 0) is 20.8 Å². The van der Waals surface area contributed by atoms with E-state index in [9.17, 15) is 4.79 Å². The first-order chi connectivity index (χ1) is 8.81. The van der Waals surface area contributed by atoms with E-state index in [1.54, 1.807) is 0 Å². The van der Waals surface area contributed by atoms with Crippen molar-refractivity contribution in [3.05, 3.63) is 0 Å². The number of hydrogen-bond donors (Lipinski definition) is 1. The van der Waals surface area contributed by atoms with E-state index >= 15 is 0 Å². The molecular weight excluding hydrogens is 246 g/mol. The Hall–Kier alpha value is -0.650. The summed E-state index contributed by atoms with van der Waals surface area (Å²) in [5.41, 5.74) is -0.427. The van der Waals surface area contributed by atoms with Crippen LogP contribution in [0.2, 0.25) is 0 Å². The summed E-state index contributed by atoms with van der Waals surface area (Å²) < 4.78 is 15.8. The molecule has 0 amide bonds. The Bertz CT molecular complexity index is 236. The SMILES string of the molecule is CC(C)NCCOCCOCCC(=O)OC(C)(C)C. The van der Waals surface area contributed by atoms with E-state index in [1.807, 2.05) is 20.8 Å². The number of carbonyl (C=O) groups is 1. The van der Waals surface area contributed by atoms with Crippen LogP contribution in [0, 0.1) is 0 Å². The summed E-state index contributed by atoms with van der Waals surface area (Å²) in [6.45, 7) is 12.7. The lowest BCUT2D eigenvalue weighted by Crippen LogP contribution is -2.27. The lowest BCUT2D eigenvalue weighted by atomic mass is 10.2. The van der Waals surface area contributed by atoms with Gasteiger partial charge in [0.25, 0.3) is 0 Å². The van der Waals surface area contributed by atoms with Gasteiger partial charge in [0.05, 0.1) is 32.8 Å². The van der Waals surface area contributed by atoms with E-state index < -0.39 is 5.60 Å². The molecule has 0 unspecified atom stereocenters. The molecule has 0 bridgehead atoms. The number of ether oxygens (including phenoxy) is 3. The molecule has 5 heteroatoms. The predicted molar refractivity (Wildman–Crippen MR) is 75.2 cm³/mol. The molecule has 0 aromatic carbocycles. The molecular formula is C14H29NO4. The Morgan fingerprint density at radius 2 is 1.63 bits per heavy atom. The normalized spacial score (nSPS) is 11.9. The third-order valence-electron chi connectivity index (χ3n) is 2.04. The summed E-state index contributed by atoms with van der Waals surface area (Å²) >= 11 is 0. The smallest absolute Gasteiger partial charge is 0.308 e. The molecule has 114 valence electrons. The van der Waals surface area contributed by atoms with Crippen LogP contribution in [-0.4, -0.2) is 50.6 Å². The molecule has 0 spiro atoms. The minimum absolute atomic E-state index is 0.227. The van der Waals surface area contributed by atoms with E-state index in [2.05, 4.69) is 19.2 Å². The van der Waals surface area contributed by atoms with E-state index in [-0.39, 0.29) is 12.4 Å². The van der Waals surface area contributed by atoms with Crippen molar-refractivity contribution in [3.8, 4) is 0 Å². The molecule has 5 nitrogen and oxygen atoms in total. The van der Waals surface area contributed by atoms with Crippen molar-refractivity contribution in [2.45, 2.75) is 52.7 Å². The summed E-state index contributed by atoms with van der Waals surface area (Å²) in [6.07, 6.45) is 0.284. The second kappa shape index (κ2) is 10.2. The third kappa shape index (κ3) is 15.3. The maximum atomic E-state index is 11.4. The van der Waals surface area contributed by atoms with Gasteiger partial charge in [0.15, 0.2) is 0 Å². The van der Waals surface area contributed by atoms with Crippen molar-refractivity contribution in [1.29, 1.82) is 0 Å². The molecule has 0 saturated heterocycles. The van der Waals surface area contributed by atoms with E-state index in [1.165, 1.54) is 0 Å². The van der Waals surface area contributed by atoms with E-state index in [4.69, 9.17) is 14.2 Å². The molecule has 0 aromatic heterocycles. The van der Waals surface area contributed by atoms with E-state index in [0.717, 1.165) is 6.54 Å². The van der Waals surface area contributed by atoms with Crippen molar-refractivity contribution in [1.82, 2.24) is 5.32 Å². The van der Waals surface area contributed by atoms with Gasteiger partial charge in [-0.25, -0.2) is 0 Å². The fraction of sp³-hybridized carbons (Fsp3) is 0.929. The van der Waals surface area contributed by atoms with Crippen LogP contribution in [0.3, 0.4) is 0 Å². The molecule has 19 heavy (non-hydrogen) atoms. The molecule has 0 aliphatic heterocycles. The Kier molecular flexibility index (Phi) is 9.83. The van der Waals surface area contributed by atoms with Crippen LogP contribution >= 0.6 is 0 Å². The number of carbonyl (C=O) groups excluding carboxylic acids is 1. The highest BCUT2D eigenvalue weighted by molar-refractivity contribution is 5.69. The van der Waals surface area contributed by atoms with Gasteiger partial charge in [0.2, 0.25) is 0 Å². The molecule has 0 heterocycles. The largest absolute Gasteiger partial charge is 0.460 e. The van der Waals surface area contributed by atoms with Crippen LogP contribution < -0.4 is 5.32 Å². The van der Waals surface area contributed by atoms with Crippen LogP contribution in [0.15, 0.2) is 0 Å². The Labute approximate surface area is 117 Å². The first kappa shape index (κ1) is 18.4. The second-order valence-corrected chi connectivity index (χ2v) is 5.67. The van der Waals surface area contributed by atoms with Gasteiger partial charge in [-0.3, -0.25) is 4.79 Å². The van der Waals surface area contributed by atoms with Crippen LogP contribution in [0.1, 0.15) is 41.0 Å². The van der Waals surface area contributed by atoms with Crippen molar-refractivity contribution < 1.29 is 19.0 Å². The highest BCUT2D eigenvalue weighted by atomic mass is 16.6. The van der Waals surface area contributed by atoms with Gasteiger partial charge in [-0.2, -0.15) is 0 Å².